The topological polar surface area (TPSA) is 55.4 Å². The van der Waals surface area contributed by atoms with Crippen molar-refractivity contribution in [1.29, 1.82) is 0 Å². The van der Waals surface area contributed by atoms with Gasteiger partial charge < -0.3 is 4.74 Å². The number of fused-ring (bicyclic) bond motifs is 1. The molecule has 0 aromatic heterocycles. The number of rotatable bonds is 7. The van der Waals surface area contributed by atoms with Gasteiger partial charge in [0.15, 0.2) is 0 Å². The first-order valence-electron chi connectivity index (χ1n) is 7.58. The van der Waals surface area contributed by atoms with Crippen LogP contribution in [0.1, 0.15) is 12.0 Å². The molecule has 0 bridgehead atoms. The van der Waals surface area contributed by atoms with Crippen molar-refractivity contribution in [2.75, 3.05) is 18.9 Å². The highest BCUT2D eigenvalue weighted by molar-refractivity contribution is 7.99. The van der Waals surface area contributed by atoms with Crippen LogP contribution in [0.4, 0.5) is 0 Å². The maximum atomic E-state index is 12.3. The van der Waals surface area contributed by atoms with Crippen LogP contribution >= 0.6 is 11.8 Å². The van der Waals surface area contributed by atoms with Crippen molar-refractivity contribution in [1.82, 2.24) is 4.72 Å². The molecular formula is C17H19NO3S2. The van der Waals surface area contributed by atoms with Crippen LogP contribution < -0.4 is 9.46 Å². The van der Waals surface area contributed by atoms with E-state index in [0.717, 1.165) is 29.9 Å². The zero-order chi connectivity index (χ0) is 16.1. The summed E-state index contributed by atoms with van der Waals surface area (Å²) >= 11 is 1.73. The SMILES string of the molecule is O=S(=O)(NCCCSc1ccccc1)c1ccc2c(c1)CCO2. The van der Waals surface area contributed by atoms with Gasteiger partial charge >= 0.3 is 0 Å². The number of nitrogens with one attached hydrogen (secondary N) is 1. The van der Waals surface area contributed by atoms with Crippen molar-refractivity contribution in [3.8, 4) is 5.75 Å². The Bertz CT molecular complexity index is 761. The van der Waals surface area contributed by atoms with Gasteiger partial charge in [0.1, 0.15) is 5.75 Å². The third-order valence-electron chi connectivity index (χ3n) is 3.60. The minimum Gasteiger partial charge on any atom is -0.493 e. The van der Waals surface area contributed by atoms with Crippen LogP contribution in [-0.4, -0.2) is 27.3 Å². The number of sulfonamides is 1. The molecule has 0 unspecified atom stereocenters. The van der Waals surface area contributed by atoms with Gasteiger partial charge in [-0.05, 0) is 48.1 Å². The fraction of sp³-hybridized carbons (Fsp3) is 0.294. The first-order chi connectivity index (χ1) is 11.1. The van der Waals surface area contributed by atoms with Crippen LogP contribution in [0.5, 0.6) is 5.75 Å². The fourth-order valence-electron chi connectivity index (χ4n) is 2.40. The molecule has 2 aromatic carbocycles. The van der Waals surface area contributed by atoms with Crippen LogP contribution in [0.2, 0.25) is 0 Å². The Labute approximate surface area is 141 Å². The van der Waals surface area contributed by atoms with E-state index in [1.165, 1.54) is 4.90 Å². The molecule has 3 rings (SSSR count). The van der Waals surface area contributed by atoms with E-state index in [-0.39, 0.29) is 0 Å². The molecule has 1 aliphatic heterocycles. The van der Waals surface area contributed by atoms with E-state index in [4.69, 9.17) is 4.74 Å². The lowest BCUT2D eigenvalue weighted by Crippen LogP contribution is -2.25. The number of hydrogen-bond donors (Lipinski definition) is 1. The molecule has 0 amide bonds. The molecule has 0 aliphatic carbocycles. The lowest BCUT2D eigenvalue weighted by atomic mass is 10.2. The Morgan fingerprint density at radius 2 is 1.96 bits per heavy atom. The average molecular weight is 349 g/mol. The first-order valence-corrected chi connectivity index (χ1v) is 10.1. The fourth-order valence-corrected chi connectivity index (χ4v) is 4.40. The van der Waals surface area contributed by atoms with Crippen LogP contribution in [0, 0.1) is 0 Å². The summed E-state index contributed by atoms with van der Waals surface area (Å²) in [7, 11) is -3.44. The van der Waals surface area contributed by atoms with Gasteiger partial charge in [-0.3, -0.25) is 0 Å². The van der Waals surface area contributed by atoms with Crippen molar-refractivity contribution in [2.45, 2.75) is 22.6 Å². The molecule has 6 heteroatoms. The lowest BCUT2D eigenvalue weighted by Gasteiger charge is -2.08. The summed E-state index contributed by atoms with van der Waals surface area (Å²) in [6.07, 6.45) is 1.55. The van der Waals surface area contributed by atoms with E-state index in [1.807, 2.05) is 18.2 Å². The molecule has 0 atom stereocenters. The zero-order valence-electron chi connectivity index (χ0n) is 12.7. The molecule has 0 radical (unpaired) electrons. The molecule has 0 saturated carbocycles. The Morgan fingerprint density at radius 3 is 2.78 bits per heavy atom. The maximum absolute atomic E-state index is 12.3. The molecule has 4 nitrogen and oxygen atoms in total. The van der Waals surface area contributed by atoms with Crippen LogP contribution in [0.15, 0.2) is 58.3 Å². The third-order valence-corrected chi connectivity index (χ3v) is 6.15. The van der Waals surface area contributed by atoms with Crippen LogP contribution in [-0.2, 0) is 16.4 Å². The molecule has 0 saturated heterocycles. The number of hydrogen-bond acceptors (Lipinski definition) is 4. The van der Waals surface area contributed by atoms with Crippen molar-refractivity contribution in [3.05, 3.63) is 54.1 Å². The molecule has 122 valence electrons. The van der Waals surface area contributed by atoms with E-state index in [9.17, 15) is 8.42 Å². The summed E-state index contributed by atoms with van der Waals surface area (Å²) in [6, 6.07) is 15.2. The normalized spacial score (nSPS) is 13.6. The highest BCUT2D eigenvalue weighted by Gasteiger charge is 2.18. The molecule has 0 fully saturated rings. The van der Waals surface area contributed by atoms with Gasteiger partial charge in [0.25, 0.3) is 0 Å². The Kier molecular flexibility index (Phi) is 5.25. The molecule has 1 heterocycles. The standard InChI is InChI=1S/C17H19NO3S2/c19-23(20,16-7-8-17-14(13-16)9-11-21-17)18-10-4-12-22-15-5-2-1-3-6-15/h1-3,5-8,13,18H,4,9-12H2. The highest BCUT2D eigenvalue weighted by Crippen LogP contribution is 2.27. The van der Waals surface area contributed by atoms with Gasteiger partial charge in [-0.1, -0.05) is 18.2 Å². The molecule has 1 aliphatic rings. The van der Waals surface area contributed by atoms with Gasteiger partial charge in [-0.25, -0.2) is 13.1 Å². The van der Waals surface area contributed by atoms with E-state index >= 15 is 0 Å². The Balaban J connectivity index is 1.49. The summed E-state index contributed by atoms with van der Waals surface area (Å²) in [5, 5.41) is 0. The second-order valence-electron chi connectivity index (χ2n) is 5.28. The Hall–Kier alpha value is -1.50. The lowest BCUT2D eigenvalue weighted by molar-refractivity contribution is 0.356. The summed E-state index contributed by atoms with van der Waals surface area (Å²) in [6.45, 7) is 1.07. The van der Waals surface area contributed by atoms with Gasteiger partial charge in [0, 0.05) is 17.9 Å². The summed E-state index contributed by atoms with van der Waals surface area (Å²) in [4.78, 5) is 1.52. The second kappa shape index (κ2) is 7.38. The van der Waals surface area contributed by atoms with Gasteiger partial charge in [0.05, 0.1) is 11.5 Å². The van der Waals surface area contributed by atoms with E-state index in [2.05, 4.69) is 16.9 Å². The maximum Gasteiger partial charge on any atom is 0.240 e. The molecule has 1 N–H and O–H groups in total. The van der Waals surface area contributed by atoms with Crippen molar-refractivity contribution >= 4 is 21.8 Å². The predicted molar refractivity (Wildman–Crippen MR) is 92.6 cm³/mol. The van der Waals surface area contributed by atoms with Crippen LogP contribution in [0.25, 0.3) is 0 Å². The van der Waals surface area contributed by atoms with Crippen molar-refractivity contribution in [2.24, 2.45) is 0 Å². The molecule has 0 spiro atoms. The molecule has 23 heavy (non-hydrogen) atoms. The molecular weight excluding hydrogens is 330 g/mol. The predicted octanol–water partition coefficient (Wildman–Crippen LogP) is 3.08. The summed E-state index contributed by atoms with van der Waals surface area (Å²) < 4.78 is 32.7. The summed E-state index contributed by atoms with van der Waals surface area (Å²) in [5.41, 5.74) is 0.965. The Morgan fingerprint density at radius 1 is 1.13 bits per heavy atom. The smallest absolute Gasteiger partial charge is 0.240 e. The third kappa shape index (κ3) is 4.28. The van der Waals surface area contributed by atoms with Crippen molar-refractivity contribution < 1.29 is 13.2 Å². The highest BCUT2D eigenvalue weighted by atomic mass is 32.2. The largest absolute Gasteiger partial charge is 0.493 e. The van der Waals surface area contributed by atoms with Gasteiger partial charge in [0.2, 0.25) is 10.0 Å². The van der Waals surface area contributed by atoms with Gasteiger partial charge in [-0.2, -0.15) is 0 Å². The van der Waals surface area contributed by atoms with Gasteiger partial charge in [-0.15, -0.1) is 11.8 Å². The minimum atomic E-state index is -3.44. The van der Waals surface area contributed by atoms with E-state index in [1.54, 1.807) is 30.0 Å². The van der Waals surface area contributed by atoms with Crippen molar-refractivity contribution in [3.63, 3.8) is 0 Å². The first kappa shape index (κ1) is 16.4. The van der Waals surface area contributed by atoms with Crippen LogP contribution in [0.3, 0.4) is 0 Å². The second-order valence-corrected chi connectivity index (χ2v) is 8.22. The number of thioether (sulfide) groups is 1. The van der Waals surface area contributed by atoms with E-state index < -0.39 is 10.0 Å². The minimum absolute atomic E-state index is 0.317. The monoisotopic (exact) mass is 349 g/mol. The average Bonchev–Trinajstić information content (AvgIpc) is 3.03. The summed E-state index contributed by atoms with van der Waals surface area (Å²) in [5.74, 6) is 1.67. The molecule has 2 aromatic rings. The zero-order valence-corrected chi connectivity index (χ0v) is 14.3. The number of ether oxygens (including phenoxy) is 1. The van der Waals surface area contributed by atoms with E-state index in [0.29, 0.717) is 18.0 Å². The quantitative estimate of drug-likeness (QED) is 0.616. The number of benzene rings is 2.